The lowest BCUT2D eigenvalue weighted by atomic mass is 10.1. The maximum atomic E-state index is 11.5. The maximum absolute atomic E-state index is 11.5. The number of hydrogen-bond acceptors (Lipinski definition) is 4. The SMILES string of the molecule is CCOC(=O)c1cc(I)cc(C#N)c1S. The molecular weight excluding hydrogens is 325 g/mol. The summed E-state index contributed by atoms with van der Waals surface area (Å²) in [6.45, 7) is 2.04. The Morgan fingerprint density at radius 1 is 1.67 bits per heavy atom. The lowest BCUT2D eigenvalue weighted by Gasteiger charge is -2.06. The molecule has 5 heteroatoms. The van der Waals surface area contributed by atoms with Crippen LogP contribution in [0.1, 0.15) is 22.8 Å². The molecule has 1 rings (SSSR count). The lowest BCUT2D eigenvalue weighted by Crippen LogP contribution is -2.07. The molecule has 3 nitrogen and oxygen atoms in total. The van der Waals surface area contributed by atoms with E-state index in [0.717, 1.165) is 3.57 Å². The number of rotatable bonds is 2. The van der Waals surface area contributed by atoms with Gasteiger partial charge in [-0.3, -0.25) is 0 Å². The average molecular weight is 333 g/mol. The summed E-state index contributed by atoms with van der Waals surface area (Å²) in [4.78, 5) is 11.9. The van der Waals surface area contributed by atoms with Crippen LogP contribution in [0.25, 0.3) is 0 Å². The van der Waals surface area contributed by atoms with Crippen LogP contribution in [0.3, 0.4) is 0 Å². The summed E-state index contributed by atoms with van der Waals surface area (Å²) < 4.78 is 5.67. The third kappa shape index (κ3) is 2.86. The molecule has 1 aromatic rings. The summed E-state index contributed by atoms with van der Waals surface area (Å²) in [5.74, 6) is -0.447. The molecule has 0 fully saturated rings. The van der Waals surface area contributed by atoms with E-state index in [4.69, 9.17) is 10.00 Å². The van der Waals surface area contributed by atoms with Gasteiger partial charge in [0.15, 0.2) is 0 Å². The molecule has 1 aromatic carbocycles. The molecule has 0 bridgehead atoms. The van der Waals surface area contributed by atoms with Crippen LogP contribution in [0, 0.1) is 14.9 Å². The second-order valence-electron chi connectivity index (χ2n) is 2.68. The van der Waals surface area contributed by atoms with Crippen molar-refractivity contribution < 1.29 is 9.53 Å². The summed E-state index contributed by atoms with van der Waals surface area (Å²) in [6, 6.07) is 5.31. The van der Waals surface area contributed by atoms with Gasteiger partial charge in [0.25, 0.3) is 0 Å². The molecule has 0 radical (unpaired) electrons. The number of nitrogens with zero attached hydrogens (tertiary/aromatic N) is 1. The van der Waals surface area contributed by atoms with Crippen LogP contribution in [-0.2, 0) is 4.74 Å². The molecule has 0 aliphatic heterocycles. The van der Waals surface area contributed by atoms with Gasteiger partial charge >= 0.3 is 5.97 Å². The Morgan fingerprint density at radius 2 is 2.33 bits per heavy atom. The van der Waals surface area contributed by atoms with Crippen LogP contribution in [0.15, 0.2) is 17.0 Å². The van der Waals surface area contributed by atoms with Gasteiger partial charge in [0, 0.05) is 8.47 Å². The highest BCUT2D eigenvalue weighted by Crippen LogP contribution is 2.22. The van der Waals surface area contributed by atoms with Crippen molar-refractivity contribution in [3.63, 3.8) is 0 Å². The molecule has 0 amide bonds. The maximum Gasteiger partial charge on any atom is 0.339 e. The Labute approximate surface area is 107 Å². The predicted octanol–water partition coefficient (Wildman–Crippen LogP) is 2.63. The van der Waals surface area contributed by atoms with E-state index in [1.54, 1.807) is 19.1 Å². The van der Waals surface area contributed by atoms with Gasteiger partial charge in [-0.1, -0.05) is 0 Å². The zero-order valence-electron chi connectivity index (χ0n) is 7.95. The minimum atomic E-state index is -0.447. The largest absolute Gasteiger partial charge is 0.462 e. The zero-order valence-corrected chi connectivity index (χ0v) is 11.0. The topological polar surface area (TPSA) is 50.1 Å². The zero-order chi connectivity index (χ0) is 11.4. The highest BCUT2D eigenvalue weighted by Gasteiger charge is 2.14. The quantitative estimate of drug-likeness (QED) is 0.514. The molecule has 0 heterocycles. The van der Waals surface area contributed by atoms with Crippen molar-refractivity contribution in [2.45, 2.75) is 11.8 Å². The summed E-state index contributed by atoms with van der Waals surface area (Å²) in [5, 5.41) is 8.82. The highest BCUT2D eigenvalue weighted by molar-refractivity contribution is 14.1. The van der Waals surface area contributed by atoms with E-state index in [1.165, 1.54) is 0 Å². The van der Waals surface area contributed by atoms with Crippen LogP contribution in [-0.4, -0.2) is 12.6 Å². The van der Waals surface area contributed by atoms with Gasteiger partial charge in [0.05, 0.1) is 17.7 Å². The van der Waals surface area contributed by atoms with E-state index in [-0.39, 0.29) is 0 Å². The Bertz CT molecular complexity index is 440. The van der Waals surface area contributed by atoms with Gasteiger partial charge in [-0.25, -0.2) is 4.79 Å². The molecule has 0 spiro atoms. The predicted molar refractivity (Wildman–Crippen MR) is 67.1 cm³/mol. The van der Waals surface area contributed by atoms with E-state index in [1.807, 2.05) is 28.7 Å². The number of ether oxygens (including phenoxy) is 1. The average Bonchev–Trinajstić information content (AvgIpc) is 2.21. The van der Waals surface area contributed by atoms with Gasteiger partial charge in [-0.15, -0.1) is 12.6 Å². The number of esters is 1. The third-order valence-corrected chi connectivity index (χ3v) is 2.80. The molecule has 0 aromatic heterocycles. The second kappa shape index (κ2) is 5.37. The first-order chi connectivity index (χ1) is 7.10. The van der Waals surface area contributed by atoms with Gasteiger partial charge in [-0.2, -0.15) is 5.26 Å². The molecule has 15 heavy (non-hydrogen) atoms. The van der Waals surface area contributed by atoms with E-state index < -0.39 is 5.97 Å². The molecule has 0 saturated carbocycles. The monoisotopic (exact) mass is 333 g/mol. The van der Waals surface area contributed by atoms with Crippen molar-refractivity contribution in [1.29, 1.82) is 5.26 Å². The van der Waals surface area contributed by atoms with E-state index in [9.17, 15) is 4.79 Å². The van der Waals surface area contributed by atoms with Crippen molar-refractivity contribution in [2.75, 3.05) is 6.61 Å². The molecule has 0 unspecified atom stereocenters. The fourth-order valence-corrected chi connectivity index (χ4v) is 1.94. The third-order valence-electron chi connectivity index (χ3n) is 1.69. The Balaban J connectivity index is 3.24. The number of thiol groups is 1. The fourth-order valence-electron chi connectivity index (χ4n) is 1.05. The number of benzene rings is 1. The first kappa shape index (κ1) is 12.3. The minimum Gasteiger partial charge on any atom is -0.462 e. The van der Waals surface area contributed by atoms with Crippen molar-refractivity contribution in [3.8, 4) is 6.07 Å². The summed E-state index contributed by atoms with van der Waals surface area (Å²) in [6.07, 6.45) is 0. The van der Waals surface area contributed by atoms with Gasteiger partial charge < -0.3 is 4.74 Å². The van der Waals surface area contributed by atoms with Crippen molar-refractivity contribution in [2.24, 2.45) is 0 Å². The van der Waals surface area contributed by atoms with Crippen molar-refractivity contribution in [3.05, 3.63) is 26.8 Å². The van der Waals surface area contributed by atoms with Crippen molar-refractivity contribution in [1.82, 2.24) is 0 Å². The number of carbonyl (C=O) groups excluding carboxylic acids is 1. The lowest BCUT2D eigenvalue weighted by molar-refractivity contribution is 0.0522. The Hall–Kier alpha value is -0.740. The molecule has 0 aliphatic rings. The van der Waals surface area contributed by atoms with Gasteiger partial charge in [-0.05, 0) is 41.6 Å². The summed E-state index contributed by atoms with van der Waals surface area (Å²) in [5.41, 5.74) is 0.719. The molecule has 0 saturated heterocycles. The van der Waals surface area contributed by atoms with Gasteiger partial charge in [0.1, 0.15) is 6.07 Å². The van der Waals surface area contributed by atoms with E-state index in [0.29, 0.717) is 22.6 Å². The first-order valence-corrected chi connectivity index (χ1v) is 5.72. The van der Waals surface area contributed by atoms with E-state index >= 15 is 0 Å². The Morgan fingerprint density at radius 3 is 2.87 bits per heavy atom. The molecule has 78 valence electrons. The van der Waals surface area contributed by atoms with Gasteiger partial charge in [0.2, 0.25) is 0 Å². The summed E-state index contributed by atoms with van der Waals surface area (Å²) in [7, 11) is 0. The summed E-state index contributed by atoms with van der Waals surface area (Å²) >= 11 is 6.18. The smallest absolute Gasteiger partial charge is 0.339 e. The number of nitriles is 1. The Kier molecular flexibility index (Phi) is 4.42. The number of halogens is 1. The molecular formula is C10H8INO2S. The molecule has 0 atom stereocenters. The standard InChI is InChI=1S/C10H8INO2S/c1-2-14-10(13)8-4-7(11)3-6(5-12)9(8)15/h3-4,15H,2H2,1H3. The first-order valence-electron chi connectivity index (χ1n) is 4.19. The van der Waals surface area contributed by atoms with Crippen LogP contribution < -0.4 is 0 Å². The van der Waals surface area contributed by atoms with Crippen LogP contribution in [0.5, 0.6) is 0 Å². The number of hydrogen-bond donors (Lipinski definition) is 1. The van der Waals surface area contributed by atoms with Crippen LogP contribution >= 0.6 is 35.2 Å². The van der Waals surface area contributed by atoms with E-state index in [2.05, 4.69) is 12.6 Å². The highest BCUT2D eigenvalue weighted by atomic mass is 127. The number of carbonyl (C=O) groups is 1. The van der Waals surface area contributed by atoms with Crippen LogP contribution in [0.2, 0.25) is 0 Å². The van der Waals surface area contributed by atoms with Crippen LogP contribution in [0.4, 0.5) is 0 Å². The fraction of sp³-hybridized carbons (Fsp3) is 0.200. The minimum absolute atomic E-state index is 0.305. The molecule has 0 N–H and O–H groups in total. The van der Waals surface area contributed by atoms with Crippen molar-refractivity contribution >= 4 is 41.2 Å². The second-order valence-corrected chi connectivity index (χ2v) is 4.37. The molecule has 0 aliphatic carbocycles. The normalized spacial score (nSPS) is 9.47.